The highest BCUT2D eigenvalue weighted by Crippen LogP contribution is 2.42. The normalized spacial score (nSPS) is 18.2. The number of anilines is 2. The maximum Gasteiger partial charge on any atom is 0.151 e. The van der Waals surface area contributed by atoms with Gasteiger partial charge in [0.15, 0.2) is 9.84 Å². The lowest BCUT2D eigenvalue weighted by Crippen LogP contribution is -2.61. The Morgan fingerprint density at radius 3 is 2.62 bits per heavy atom. The van der Waals surface area contributed by atoms with Crippen LogP contribution >= 0.6 is 23.2 Å². The number of nitrogens with one attached hydrogen (secondary N) is 1. The van der Waals surface area contributed by atoms with Gasteiger partial charge in [-0.05, 0) is 44.0 Å². The van der Waals surface area contributed by atoms with Crippen molar-refractivity contribution in [3.8, 4) is 11.8 Å². The second-order valence-corrected chi connectivity index (χ2v) is 13.2. The first-order chi connectivity index (χ1) is 18.5. The molecule has 2 fully saturated rings. The summed E-state index contributed by atoms with van der Waals surface area (Å²) in [5.41, 5.74) is 8.13. The fraction of sp³-hybridized carbons (Fsp3) is 0.333. The number of hydrogen-bond donors (Lipinski definition) is 2. The first kappa shape index (κ1) is 27.2. The summed E-state index contributed by atoms with van der Waals surface area (Å²) < 4.78 is 30.4. The van der Waals surface area contributed by atoms with Crippen molar-refractivity contribution in [2.75, 3.05) is 35.2 Å². The van der Waals surface area contributed by atoms with Gasteiger partial charge in [-0.2, -0.15) is 5.26 Å². The Hall–Kier alpha value is -3.39. The first-order valence-corrected chi connectivity index (χ1v) is 14.9. The lowest BCUT2D eigenvalue weighted by atomic mass is 9.77. The van der Waals surface area contributed by atoms with E-state index in [4.69, 9.17) is 39.1 Å². The lowest BCUT2D eigenvalue weighted by molar-refractivity contribution is 0.215. The zero-order valence-corrected chi connectivity index (χ0v) is 23.4. The Kier molecular flexibility index (Phi) is 7.18. The molecule has 5 rings (SSSR count). The van der Waals surface area contributed by atoms with Crippen LogP contribution in [0.2, 0.25) is 10.0 Å². The minimum atomic E-state index is -3.03. The average molecular weight is 586 g/mol. The van der Waals surface area contributed by atoms with E-state index >= 15 is 0 Å². The molecule has 2 aliphatic heterocycles. The van der Waals surface area contributed by atoms with Crippen molar-refractivity contribution in [2.24, 2.45) is 5.41 Å². The van der Waals surface area contributed by atoms with Gasteiger partial charge in [-0.25, -0.2) is 13.4 Å². The fourth-order valence-electron chi connectivity index (χ4n) is 5.42. The number of benzene rings is 1. The third kappa shape index (κ3) is 5.39. The predicted molar refractivity (Wildman–Crippen MR) is 152 cm³/mol. The van der Waals surface area contributed by atoms with Crippen molar-refractivity contribution in [3.63, 3.8) is 0 Å². The number of ether oxygens (including phenoxy) is 1. The van der Waals surface area contributed by atoms with E-state index in [0.717, 1.165) is 6.42 Å². The van der Waals surface area contributed by atoms with E-state index in [-0.39, 0.29) is 22.6 Å². The summed E-state index contributed by atoms with van der Waals surface area (Å²) in [7, 11) is -3.03. The highest BCUT2D eigenvalue weighted by molar-refractivity contribution is 7.91. The van der Waals surface area contributed by atoms with Gasteiger partial charge in [0.25, 0.3) is 0 Å². The summed E-state index contributed by atoms with van der Waals surface area (Å²) >= 11 is 12.5. The molecule has 0 unspecified atom stereocenters. The number of sulfone groups is 1. The van der Waals surface area contributed by atoms with Crippen LogP contribution in [0, 0.1) is 22.2 Å². The van der Waals surface area contributed by atoms with Gasteiger partial charge >= 0.3 is 0 Å². The van der Waals surface area contributed by atoms with Gasteiger partial charge in [-0.15, -0.1) is 0 Å². The summed E-state index contributed by atoms with van der Waals surface area (Å²) in [6, 6.07) is 8.78. The summed E-state index contributed by atoms with van der Waals surface area (Å²) in [5.74, 6) is 1.37. The molecule has 0 saturated carbocycles. The second-order valence-electron chi connectivity index (χ2n) is 10.2. The molecule has 0 radical (unpaired) electrons. The monoisotopic (exact) mass is 584 g/mol. The number of pyridine rings is 2. The van der Waals surface area contributed by atoms with Gasteiger partial charge < -0.3 is 15.4 Å². The Morgan fingerprint density at radius 1 is 1.23 bits per heavy atom. The predicted octanol–water partition coefficient (Wildman–Crippen LogP) is 4.81. The Morgan fingerprint density at radius 2 is 1.95 bits per heavy atom. The number of rotatable bonds is 6. The molecule has 1 atom stereocenters. The molecule has 0 bridgehead atoms. The average Bonchev–Trinajstić information content (AvgIpc) is 2.87. The summed E-state index contributed by atoms with van der Waals surface area (Å²) in [6.45, 7) is 2.89. The van der Waals surface area contributed by atoms with Gasteiger partial charge in [-0.3, -0.25) is 10.4 Å². The number of halogens is 2. The number of nitriles is 1. The fourth-order valence-corrected chi connectivity index (χ4v) is 8.08. The maximum absolute atomic E-state index is 12.1. The first-order valence-electron chi connectivity index (χ1n) is 12.3. The molecule has 9 nitrogen and oxygen atoms in total. The Labute approximate surface area is 237 Å². The second kappa shape index (κ2) is 10.3. The smallest absolute Gasteiger partial charge is 0.151 e. The van der Waals surface area contributed by atoms with Crippen molar-refractivity contribution in [2.45, 2.75) is 25.9 Å². The van der Waals surface area contributed by atoms with Crippen molar-refractivity contribution in [3.05, 3.63) is 75.2 Å². The molecule has 1 spiro atoms. The van der Waals surface area contributed by atoms with E-state index in [1.807, 2.05) is 4.90 Å². The van der Waals surface area contributed by atoms with E-state index in [2.05, 4.69) is 16.0 Å². The molecule has 1 aromatic carbocycles. The molecule has 0 amide bonds. The molecule has 4 heterocycles. The van der Waals surface area contributed by atoms with Gasteiger partial charge in [0.1, 0.15) is 23.7 Å². The van der Waals surface area contributed by atoms with Crippen LogP contribution in [0.4, 0.5) is 11.5 Å². The summed E-state index contributed by atoms with van der Waals surface area (Å²) in [6.07, 6.45) is 5.54. The van der Waals surface area contributed by atoms with Crippen molar-refractivity contribution in [1.29, 1.82) is 10.7 Å². The third-order valence-corrected chi connectivity index (χ3v) is 9.79. The topological polar surface area (TPSA) is 146 Å². The standard InChI is InChI=1S/C27H26Cl2N6O3S/c1-16(24-21(28)11-33-12-22(24)29)38-19-3-4-23(31)20(8-19)25(32)18-7-17(9-30)26(34-10-18)35-13-27(14-35)5-2-6-39(36,37)15-27/h3-4,7-8,10-12,16,32H,2,5-6,13-15,31H2,1H3/t16-/m1/s1. The van der Waals surface area contributed by atoms with E-state index in [1.165, 1.54) is 18.6 Å². The van der Waals surface area contributed by atoms with Crippen molar-refractivity contribution >= 4 is 50.3 Å². The lowest BCUT2D eigenvalue weighted by Gasteiger charge is -2.52. The van der Waals surface area contributed by atoms with Crippen LogP contribution in [0.15, 0.2) is 42.9 Å². The highest BCUT2D eigenvalue weighted by Gasteiger charge is 2.48. The van der Waals surface area contributed by atoms with Crippen LogP contribution < -0.4 is 15.4 Å². The third-order valence-electron chi connectivity index (χ3n) is 7.22. The van der Waals surface area contributed by atoms with Gasteiger partial charge in [0.2, 0.25) is 0 Å². The van der Waals surface area contributed by atoms with E-state index < -0.39 is 15.9 Å². The summed E-state index contributed by atoms with van der Waals surface area (Å²) in [5, 5.41) is 19.4. The van der Waals surface area contributed by atoms with Crippen LogP contribution in [0.5, 0.6) is 5.75 Å². The zero-order valence-electron chi connectivity index (χ0n) is 21.1. The van der Waals surface area contributed by atoms with Crippen molar-refractivity contribution < 1.29 is 13.2 Å². The molecule has 3 aromatic rings. The zero-order chi connectivity index (χ0) is 27.9. The number of nitrogens with zero attached hydrogens (tertiary/aromatic N) is 4. The van der Waals surface area contributed by atoms with Gasteiger partial charge in [-0.1, -0.05) is 23.2 Å². The molecule has 2 aromatic heterocycles. The van der Waals surface area contributed by atoms with Gasteiger partial charge in [0.05, 0.1) is 32.8 Å². The minimum Gasteiger partial charge on any atom is -0.486 e. The molecule has 3 N–H and O–H groups in total. The molecule has 39 heavy (non-hydrogen) atoms. The molecular weight excluding hydrogens is 559 g/mol. The molecule has 2 saturated heterocycles. The molecule has 12 heteroatoms. The van der Waals surface area contributed by atoms with Crippen molar-refractivity contribution in [1.82, 2.24) is 9.97 Å². The van der Waals surface area contributed by atoms with Crippen LogP contribution in [-0.2, 0) is 9.84 Å². The molecular formula is C27H26Cl2N6O3S. The summed E-state index contributed by atoms with van der Waals surface area (Å²) in [4.78, 5) is 10.4. The molecule has 2 aliphatic rings. The highest BCUT2D eigenvalue weighted by atomic mass is 35.5. The quantitative estimate of drug-likeness (QED) is 0.310. The number of hydrogen-bond acceptors (Lipinski definition) is 9. The number of aromatic nitrogens is 2. The maximum atomic E-state index is 12.1. The Bertz CT molecular complexity index is 1600. The molecule has 202 valence electrons. The number of nitrogen functional groups attached to an aromatic ring is 1. The minimum absolute atomic E-state index is 0.0829. The SMILES string of the molecule is C[C@@H](Oc1ccc(N)c(C(=N)c2cnc(N3CC4(CCCS(=O)(=O)C4)C3)c(C#N)c2)c1)c1c(Cl)cncc1Cl. The van der Waals surface area contributed by atoms with E-state index in [0.29, 0.717) is 69.1 Å². The van der Waals surface area contributed by atoms with Crippen LogP contribution in [-0.4, -0.2) is 48.7 Å². The molecule has 0 aliphatic carbocycles. The Balaban J connectivity index is 1.35. The van der Waals surface area contributed by atoms with Crippen LogP contribution in [0.1, 0.15) is 48.1 Å². The van der Waals surface area contributed by atoms with Gasteiger partial charge in [0, 0.05) is 59.5 Å². The van der Waals surface area contributed by atoms with E-state index in [9.17, 15) is 13.7 Å². The van der Waals surface area contributed by atoms with E-state index in [1.54, 1.807) is 31.2 Å². The van der Waals surface area contributed by atoms with Crippen LogP contribution in [0.25, 0.3) is 0 Å². The van der Waals surface area contributed by atoms with Crippen LogP contribution in [0.3, 0.4) is 0 Å². The largest absolute Gasteiger partial charge is 0.486 e. The number of nitrogens with two attached hydrogens (primary N) is 1.